The van der Waals surface area contributed by atoms with Gasteiger partial charge in [-0.25, -0.2) is 0 Å². The molecule has 2 aromatic carbocycles. The minimum absolute atomic E-state index is 0.730. The first kappa shape index (κ1) is 16.0. The monoisotopic (exact) mass is 351 g/mol. The van der Waals surface area contributed by atoms with E-state index in [-0.39, 0.29) is 0 Å². The molecule has 0 amide bonds. The van der Waals surface area contributed by atoms with Crippen molar-refractivity contribution in [2.24, 2.45) is 0 Å². The molecule has 0 saturated carbocycles. The van der Waals surface area contributed by atoms with Crippen LogP contribution < -0.4 is 10.0 Å². The van der Waals surface area contributed by atoms with Gasteiger partial charge < -0.3 is 9.47 Å². The fraction of sp³-hybridized carbons (Fsp3) is 0.250. The van der Waals surface area contributed by atoms with Gasteiger partial charge in [-0.05, 0) is 36.4 Å². The van der Waals surface area contributed by atoms with Crippen molar-refractivity contribution in [1.82, 2.24) is 4.67 Å². The van der Waals surface area contributed by atoms with E-state index in [1.165, 1.54) is 0 Å². The van der Waals surface area contributed by atoms with E-state index in [1.807, 2.05) is 54.6 Å². The van der Waals surface area contributed by atoms with Gasteiger partial charge in [0.05, 0.1) is 18.6 Å². The fourth-order valence-electron chi connectivity index (χ4n) is 2.32. The minimum Gasteiger partial charge on any atom is -0.457 e. The van der Waals surface area contributed by atoms with E-state index in [4.69, 9.17) is 33.5 Å². The average molecular weight is 351 g/mol. The molecular weight excluding hydrogens is 333 g/mol. The molecule has 0 aromatic heterocycles. The van der Waals surface area contributed by atoms with E-state index in [0.29, 0.717) is 0 Å². The predicted octanol–water partition coefficient (Wildman–Crippen LogP) is 3.68. The molecule has 3 rings (SSSR count). The Hall–Kier alpha value is -0.840. The Kier molecular flexibility index (Phi) is 5.21. The molecule has 116 valence electrons. The van der Waals surface area contributed by atoms with E-state index in [9.17, 15) is 0 Å². The summed E-state index contributed by atoms with van der Waals surface area (Å²) in [7, 11) is 0. The van der Waals surface area contributed by atoms with E-state index < -0.39 is 5.39 Å². The number of thiol groups is 1. The number of morpholine rings is 1. The quantitative estimate of drug-likeness (QED) is 0.670. The molecule has 3 nitrogen and oxygen atoms in total. The van der Waals surface area contributed by atoms with Crippen LogP contribution in [0, 0.1) is 0 Å². The number of ether oxygens (including phenoxy) is 2. The zero-order valence-corrected chi connectivity index (χ0v) is 14.7. The van der Waals surface area contributed by atoms with Crippen molar-refractivity contribution in [3.05, 3.63) is 54.6 Å². The molecule has 1 saturated heterocycles. The SMILES string of the molecule is S=P(S)(c1ccc(Oc2ccccc2)cc1)N1CCOCC1. The molecule has 1 aliphatic rings. The van der Waals surface area contributed by atoms with E-state index in [1.54, 1.807) is 0 Å². The summed E-state index contributed by atoms with van der Waals surface area (Å²) in [4.78, 5) is 0. The summed E-state index contributed by atoms with van der Waals surface area (Å²) in [5.41, 5.74) is 0. The van der Waals surface area contributed by atoms with Crippen molar-refractivity contribution in [3.63, 3.8) is 0 Å². The van der Waals surface area contributed by atoms with Gasteiger partial charge in [0.2, 0.25) is 0 Å². The summed E-state index contributed by atoms with van der Waals surface area (Å²) < 4.78 is 13.5. The van der Waals surface area contributed by atoms with Crippen LogP contribution in [0.15, 0.2) is 54.6 Å². The van der Waals surface area contributed by atoms with Gasteiger partial charge in [0.1, 0.15) is 11.5 Å². The van der Waals surface area contributed by atoms with Crippen molar-refractivity contribution in [2.45, 2.75) is 0 Å². The highest BCUT2D eigenvalue weighted by atomic mass is 32.9. The van der Waals surface area contributed by atoms with Crippen LogP contribution >= 0.6 is 17.6 Å². The molecule has 1 atom stereocenters. The van der Waals surface area contributed by atoms with Crippen molar-refractivity contribution in [3.8, 4) is 11.5 Å². The number of nitrogens with zero attached hydrogens (tertiary/aromatic N) is 1. The van der Waals surface area contributed by atoms with Gasteiger partial charge in [-0.3, -0.25) is 4.67 Å². The van der Waals surface area contributed by atoms with Crippen LogP contribution in [0.4, 0.5) is 0 Å². The van der Waals surface area contributed by atoms with E-state index in [2.05, 4.69) is 4.67 Å². The Bertz CT molecular complexity index is 658. The summed E-state index contributed by atoms with van der Waals surface area (Å²) in [6, 6.07) is 17.7. The molecule has 0 aliphatic carbocycles. The van der Waals surface area contributed by atoms with Gasteiger partial charge in [0.15, 0.2) is 0 Å². The van der Waals surface area contributed by atoms with Crippen molar-refractivity contribution < 1.29 is 9.47 Å². The lowest BCUT2D eigenvalue weighted by Crippen LogP contribution is -2.35. The summed E-state index contributed by atoms with van der Waals surface area (Å²) >= 11 is 10.6. The highest BCUT2D eigenvalue weighted by molar-refractivity contribution is 8.65. The Labute approximate surface area is 141 Å². The molecule has 22 heavy (non-hydrogen) atoms. The smallest absolute Gasteiger partial charge is 0.127 e. The van der Waals surface area contributed by atoms with Crippen LogP contribution in [-0.4, -0.2) is 31.0 Å². The highest BCUT2D eigenvalue weighted by Crippen LogP contribution is 2.53. The normalized spacial score (nSPS) is 18.6. The number of hydrogen-bond acceptors (Lipinski definition) is 3. The summed E-state index contributed by atoms with van der Waals surface area (Å²) in [6.45, 7) is 3.16. The van der Waals surface area contributed by atoms with Crippen LogP contribution in [0.3, 0.4) is 0 Å². The van der Waals surface area contributed by atoms with Gasteiger partial charge in [0, 0.05) is 18.4 Å². The van der Waals surface area contributed by atoms with Crippen LogP contribution in [0.1, 0.15) is 0 Å². The second kappa shape index (κ2) is 7.16. The molecule has 1 aliphatic heterocycles. The van der Waals surface area contributed by atoms with Crippen molar-refractivity contribution in [2.75, 3.05) is 26.3 Å². The Morgan fingerprint density at radius 1 is 0.955 bits per heavy atom. The molecule has 2 aromatic rings. The Balaban J connectivity index is 1.74. The lowest BCUT2D eigenvalue weighted by Gasteiger charge is -2.34. The van der Waals surface area contributed by atoms with E-state index >= 15 is 0 Å². The van der Waals surface area contributed by atoms with Gasteiger partial charge in [-0.1, -0.05) is 30.0 Å². The van der Waals surface area contributed by atoms with Crippen LogP contribution in [0.5, 0.6) is 11.5 Å². The van der Waals surface area contributed by atoms with Crippen LogP contribution in [0.2, 0.25) is 0 Å². The molecule has 1 unspecified atom stereocenters. The second-order valence-corrected chi connectivity index (χ2v) is 11.3. The van der Waals surface area contributed by atoms with Gasteiger partial charge >= 0.3 is 0 Å². The fourth-order valence-corrected chi connectivity index (χ4v) is 5.68. The van der Waals surface area contributed by atoms with E-state index in [0.717, 1.165) is 43.1 Å². The molecular formula is C16H18NO2PS2. The standard InChI is InChI=1S/C16H18NO2PS2/c21-20(22,17-10-12-18-13-11-17)16-8-6-15(7-9-16)19-14-4-2-1-3-5-14/h1-9H,10-13H2,(H,21,22). The number of rotatable bonds is 4. The topological polar surface area (TPSA) is 21.7 Å². The maximum Gasteiger partial charge on any atom is 0.127 e. The lowest BCUT2D eigenvalue weighted by atomic mass is 10.3. The van der Waals surface area contributed by atoms with Gasteiger partial charge in [0.25, 0.3) is 0 Å². The summed E-state index contributed by atoms with van der Waals surface area (Å²) in [5, 5.41) is -0.906. The first-order valence-electron chi connectivity index (χ1n) is 7.16. The molecule has 0 radical (unpaired) electrons. The molecule has 0 N–H and O–H groups in total. The third-order valence-corrected chi connectivity index (χ3v) is 8.44. The third-order valence-electron chi connectivity index (χ3n) is 3.52. The van der Waals surface area contributed by atoms with Gasteiger partial charge in [-0.2, -0.15) is 0 Å². The molecule has 1 fully saturated rings. The first-order valence-corrected chi connectivity index (χ1v) is 11.1. The Morgan fingerprint density at radius 2 is 1.55 bits per heavy atom. The predicted molar refractivity (Wildman–Crippen MR) is 98.3 cm³/mol. The lowest BCUT2D eigenvalue weighted by molar-refractivity contribution is 0.0758. The van der Waals surface area contributed by atoms with Crippen molar-refractivity contribution >= 4 is 34.8 Å². The van der Waals surface area contributed by atoms with Gasteiger partial charge in [-0.15, -0.1) is 12.2 Å². The van der Waals surface area contributed by atoms with Crippen LogP contribution in [-0.2, 0) is 16.5 Å². The highest BCUT2D eigenvalue weighted by Gasteiger charge is 2.25. The number of para-hydroxylation sites is 1. The average Bonchev–Trinajstić information content (AvgIpc) is 2.57. The zero-order chi connectivity index (χ0) is 15.4. The number of benzene rings is 2. The maximum atomic E-state index is 5.81. The van der Waals surface area contributed by atoms with Crippen molar-refractivity contribution in [1.29, 1.82) is 0 Å². The van der Waals surface area contributed by atoms with Crippen LogP contribution in [0.25, 0.3) is 0 Å². The molecule has 1 heterocycles. The summed E-state index contributed by atoms with van der Waals surface area (Å²) in [6.07, 6.45) is 0. The maximum absolute atomic E-state index is 5.81. The molecule has 0 spiro atoms. The number of hydrogen-bond donors (Lipinski definition) is 1. The second-order valence-electron chi connectivity index (χ2n) is 5.02. The molecule has 0 bridgehead atoms. The largest absolute Gasteiger partial charge is 0.457 e. The molecule has 6 heteroatoms. The Morgan fingerprint density at radius 3 is 2.18 bits per heavy atom. The summed E-state index contributed by atoms with van der Waals surface area (Å²) in [5.74, 6) is 1.63. The first-order chi connectivity index (χ1) is 10.7. The minimum atomic E-state index is -2.00. The third kappa shape index (κ3) is 3.73. The zero-order valence-electron chi connectivity index (χ0n) is 12.1.